The van der Waals surface area contributed by atoms with Crippen molar-refractivity contribution in [1.82, 2.24) is 14.4 Å². The quantitative estimate of drug-likeness (QED) is 0.431. The van der Waals surface area contributed by atoms with Crippen LogP contribution in [0.3, 0.4) is 0 Å². The SMILES string of the molecule is COc1cccc(Cn2c(C(=O)N3CCN(Cc4ccccc4)CC3)cc3ccsc32)c1. The molecule has 1 saturated heterocycles. The van der Waals surface area contributed by atoms with Crippen molar-refractivity contribution in [3.8, 4) is 5.75 Å². The molecule has 0 bridgehead atoms. The highest BCUT2D eigenvalue weighted by Gasteiger charge is 2.25. The monoisotopic (exact) mass is 445 g/mol. The minimum Gasteiger partial charge on any atom is -0.497 e. The van der Waals surface area contributed by atoms with Gasteiger partial charge in [0, 0.05) is 44.7 Å². The van der Waals surface area contributed by atoms with Crippen LogP contribution in [-0.4, -0.2) is 53.6 Å². The minimum absolute atomic E-state index is 0.121. The Morgan fingerprint density at radius 3 is 2.47 bits per heavy atom. The lowest BCUT2D eigenvalue weighted by Gasteiger charge is -2.35. The molecule has 6 heteroatoms. The molecule has 0 spiro atoms. The van der Waals surface area contributed by atoms with E-state index in [-0.39, 0.29) is 5.91 Å². The summed E-state index contributed by atoms with van der Waals surface area (Å²) in [6, 6.07) is 22.7. The number of thiophene rings is 1. The van der Waals surface area contributed by atoms with Crippen LogP contribution >= 0.6 is 11.3 Å². The van der Waals surface area contributed by atoms with Crippen LogP contribution < -0.4 is 4.74 Å². The fraction of sp³-hybridized carbons (Fsp3) is 0.269. The largest absolute Gasteiger partial charge is 0.497 e. The Hall–Kier alpha value is -3.09. The van der Waals surface area contributed by atoms with Gasteiger partial charge in [0.2, 0.25) is 0 Å². The first-order valence-corrected chi connectivity index (χ1v) is 11.8. The topological polar surface area (TPSA) is 37.7 Å². The van der Waals surface area contributed by atoms with Gasteiger partial charge in [-0.2, -0.15) is 0 Å². The van der Waals surface area contributed by atoms with E-state index in [0.717, 1.165) is 59.9 Å². The zero-order valence-corrected chi connectivity index (χ0v) is 19.1. The van der Waals surface area contributed by atoms with Gasteiger partial charge in [0.1, 0.15) is 16.3 Å². The summed E-state index contributed by atoms with van der Waals surface area (Å²) in [5.74, 6) is 0.954. The van der Waals surface area contributed by atoms with Crippen LogP contribution in [0.2, 0.25) is 0 Å². The molecule has 1 fully saturated rings. The van der Waals surface area contributed by atoms with Gasteiger partial charge in [-0.25, -0.2) is 0 Å². The fourth-order valence-corrected chi connectivity index (χ4v) is 5.27. The smallest absolute Gasteiger partial charge is 0.270 e. The van der Waals surface area contributed by atoms with Crippen LogP contribution in [0, 0.1) is 0 Å². The van der Waals surface area contributed by atoms with Gasteiger partial charge in [-0.05, 0) is 40.8 Å². The summed E-state index contributed by atoms with van der Waals surface area (Å²) in [6.07, 6.45) is 0. The number of amides is 1. The number of hydrogen-bond acceptors (Lipinski definition) is 4. The molecule has 1 aliphatic heterocycles. The van der Waals surface area contributed by atoms with Crippen molar-refractivity contribution in [2.45, 2.75) is 13.1 Å². The predicted octanol–water partition coefficient (Wildman–Crippen LogP) is 4.72. The summed E-state index contributed by atoms with van der Waals surface area (Å²) >= 11 is 1.68. The number of benzene rings is 2. The third-order valence-corrected chi connectivity index (χ3v) is 7.06. The van der Waals surface area contributed by atoms with Gasteiger partial charge >= 0.3 is 0 Å². The molecule has 0 aliphatic carbocycles. The number of carbonyl (C=O) groups excluding carboxylic acids is 1. The standard InChI is InChI=1S/C26H27N3O2S/c1-31-23-9-5-8-21(16-23)19-29-24(17-22-10-15-32-26(22)29)25(30)28-13-11-27(12-14-28)18-20-6-3-2-4-7-20/h2-10,15-17H,11-14,18-19H2,1H3. The summed E-state index contributed by atoms with van der Waals surface area (Å²) in [5, 5.41) is 3.22. The zero-order valence-electron chi connectivity index (χ0n) is 18.2. The summed E-state index contributed by atoms with van der Waals surface area (Å²) in [5.41, 5.74) is 3.21. The average molecular weight is 446 g/mol. The Morgan fingerprint density at radius 1 is 0.906 bits per heavy atom. The number of hydrogen-bond donors (Lipinski definition) is 0. The number of ether oxygens (including phenoxy) is 1. The van der Waals surface area contributed by atoms with Crippen LogP contribution in [0.4, 0.5) is 0 Å². The molecule has 5 rings (SSSR count). The second-order valence-corrected chi connectivity index (χ2v) is 9.10. The molecule has 0 unspecified atom stereocenters. The van der Waals surface area contributed by atoms with Crippen LogP contribution in [0.1, 0.15) is 21.6 Å². The first-order valence-electron chi connectivity index (χ1n) is 11.0. The molecular formula is C26H27N3O2S. The third kappa shape index (κ3) is 4.29. The highest BCUT2D eigenvalue weighted by Crippen LogP contribution is 2.28. The van der Waals surface area contributed by atoms with Gasteiger partial charge in [0.05, 0.1) is 7.11 Å². The van der Waals surface area contributed by atoms with E-state index in [2.05, 4.69) is 51.2 Å². The molecule has 1 aliphatic rings. The average Bonchev–Trinajstić information content (AvgIpc) is 3.43. The molecular weight excluding hydrogens is 418 g/mol. The molecule has 1 amide bonds. The van der Waals surface area contributed by atoms with Crippen molar-refractivity contribution in [1.29, 1.82) is 0 Å². The number of carbonyl (C=O) groups is 1. The summed E-state index contributed by atoms with van der Waals surface area (Å²) in [6.45, 7) is 4.88. The second kappa shape index (κ2) is 9.18. The van der Waals surface area contributed by atoms with E-state index in [0.29, 0.717) is 6.54 Å². The van der Waals surface area contributed by atoms with E-state index in [4.69, 9.17) is 4.74 Å². The molecule has 32 heavy (non-hydrogen) atoms. The predicted molar refractivity (Wildman–Crippen MR) is 130 cm³/mol. The summed E-state index contributed by atoms with van der Waals surface area (Å²) < 4.78 is 7.55. The number of rotatable bonds is 6. The zero-order chi connectivity index (χ0) is 21.9. The molecule has 4 aromatic rings. The maximum absolute atomic E-state index is 13.5. The lowest BCUT2D eigenvalue weighted by molar-refractivity contribution is 0.0619. The van der Waals surface area contributed by atoms with Crippen molar-refractivity contribution in [2.24, 2.45) is 0 Å². The van der Waals surface area contributed by atoms with Gasteiger partial charge < -0.3 is 14.2 Å². The molecule has 0 atom stereocenters. The fourth-order valence-electron chi connectivity index (χ4n) is 4.38. The van der Waals surface area contributed by atoms with E-state index < -0.39 is 0 Å². The van der Waals surface area contributed by atoms with Crippen molar-refractivity contribution in [2.75, 3.05) is 33.3 Å². The Balaban J connectivity index is 1.33. The van der Waals surface area contributed by atoms with Gasteiger partial charge in [0.15, 0.2) is 0 Å². The molecule has 2 aromatic heterocycles. The van der Waals surface area contributed by atoms with Crippen LogP contribution in [0.15, 0.2) is 72.1 Å². The number of nitrogens with zero attached hydrogens (tertiary/aromatic N) is 3. The van der Waals surface area contributed by atoms with Crippen molar-refractivity contribution in [3.05, 3.63) is 88.9 Å². The minimum atomic E-state index is 0.121. The summed E-state index contributed by atoms with van der Waals surface area (Å²) in [7, 11) is 1.68. The molecule has 0 N–H and O–H groups in total. The van der Waals surface area contributed by atoms with Crippen molar-refractivity contribution in [3.63, 3.8) is 0 Å². The normalized spacial score (nSPS) is 14.7. The lowest BCUT2D eigenvalue weighted by atomic mass is 10.2. The number of methoxy groups -OCH3 is 1. The van der Waals surface area contributed by atoms with E-state index in [9.17, 15) is 4.79 Å². The molecule has 5 nitrogen and oxygen atoms in total. The second-order valence-electron chi connectivity index (χ2n) is 8.20. The highest BCUT2D eigenvalue weighted by atomic mass is 32.1. The highest BCUT2D eigenvalue weighted by molar-refractivity contribution is 7.16. The van der Waals surface area contributed by atoms with E-state index >= 15 is 0 Å². The third-order valence-electron chi connectivity index (χ3n) is 6.10. The molecule has 0 saturated carbocycles. The van der Waals surface area contributed by atoms with Crippen LogP contribution in [0.25, 0.3) is 10.2 Å². The molecule has 164 valence electrons. The van der Waals surface area contributed by atoms with Gasteiger partial charge in [-0.1, -0.05) is 42.5 Å². The number of fused-ring (bicyclic) bond motifs is 1. The van der Waals surface area contributed by atoms with Crippen molar-refractivity contribution < 1.29 is 9.53 Å². The molecule has 2 aromatic carbocycles. The Morgan fingerprint density at radius 2 is 1.69 bits per heavy atom. The molecule has 0 radical (unpaired) electrons. The maximum Gasteiger partial charge on any atom is 0.270 e. The Kier molecular flexibility index (Phi) is 5.97. The van der Waals surface area contributed by atoms with E-state index in [1.165, 1.54) is 5.56 Å². The number of aromatic nitrogens is 1. The molecule has 3 heterocycles. The van der Waals surface area contributed by atoms with E-state index in [1.54, 1.807) is 18.4 Å². The van der Waals surface area contributed by atoms with E-state index in [1.807, 2.05) is 35.2 Å². The lowest BCUT2D eigenvalue weighted by Crippen LogP contribution is -2.48. The van der Waals surface area contributed by atoms with Crippen LogP contribution in [-0.2, 0) is 13.1 Å². The maximum atomic E-state index is 13.5. The first-order chi connectivity index (χ1) is 15.7. The Bertz CT molecular complexity index is 1210. The van der Waals surface area contributed by atoms with Crippen molar-refractivity contribution >= 4 is 27.5 Å². The summed E-state index contributed by atoms with van der Waals surface area (Å²) in [4.78, 5) is 19.1. The first kappa shape index (κ1) is 20.8. The van der Waals surface area contributed by atoms with Gasteiger partial charge in [-0.15, -0.1) is 11.3 Å². The van der Waals surface area contributed by atoms with Gasteiger partial charge in [-0.3, -0.25) is 9.69 Å². The van der Waals surface area contributed by atoms with Crippen LogP contribution in [0.5, 0.6) is 5.75 Å². The van der Waals surface area contributed by atoms with Gasteiger partial charge in [0.25, 0.3) is 5.91 Å². The number of piperazine rings is 1. The Labute approximate surface area is 192 Å².